The second kappa shape index (κ2) is 8.41. The second-order valence-electron chi connectivity index (χ2n) is 7.01. The maximum absolute atomic E-state index is 13.1. The Morgan fingerprint density at radius 1 is 1.04 bits per heavy atom. The number of benzene rings is 1. The first kappa shape index (κ1) is 19.9. The predicted octanol–water partition coefficient (Wildman–Crippen LogP) is 2.61. The van der Waals surface area contributed by atoms with Crippen molar-refractivity contribution in [3.05, 3.63) is 56.5 Å². The summed E-state index contributed by atoms with van der Waals surface area (Å²) in [6.07, 6.45) is 4.51. The molecule has 8 heteroatoms. The smallest absolute Gasteiger partial charge is 0.332 e. The van der Waals surface area contributed by atoms with Gasteiger partial charge in [-0.05, 0) is 24.1 Å². The van der Waals surface area contributed by atoms with Gasteiger partial charge in [-0.1, -0.05) is 38.3 Å². The number of aryl methyl sites for hydroxylation is 2. The van der Waals surface area contributed by atoms with E-state index in [1.807, 2.05) is 0 Å². The number of hydrogen-bond acceptors (Lipinski definition) is 4. The number of aromatic nitrogens is 4. The Hall–Kier alpha value is -2.90. The van der Waals surface area contributed by atoms with E-state index in [-0.39, 0.29) is 12.4 Å². The lowest BCUT2D eigenvalue weighted by Gasteiger charge is -2.09. The fourth-order valence-electron chi connectivity index (χ4n) is 3.27. The van der Waals surface area contributed by atoms with Gasteiger partial charge in [-0.2, -0.15) is 4.98 Å². The zero-order valence-corrected chi connectivity index (χ0v) is 16.5. The summed E-state index contributed by atoms with van der Waals surface area (Å²) in [5.41, 5.74) is 0.534. The van der Waals surface area contributed by atoms with Crippen molar-refractivity contribution in [1.82, 2.24) is 18.7 Å². The van der Waals surface area contributed by atoms with Crippen molar-refractivity contribution in [3.63, 3.8) is 0 Å². The molecule has 0 amide bonds. The number of rotatable bonds is 8. The van der Waals surface area contributed by atoms with Crippen molar-refractivity contribution in [3.8, 4) is 0 Å². The van der Waals surface area contributed by atoms with Gasteiger partial charge in [0.05, 0.1) is 6.54 Å². The van der Waals surface area contributed by atoms with Crippen LogP contribution in [0.3, 0.4) is 0 Å². The number of imidazole rings is 1. The van der Waals surface area contributed by atoms with Gasteiger partial charge in [0.1, 0.15) is 5.82 Å². The molecule has 2 aromatic heterocycles. The third-order valence-electron chi connectivity index (χ3n) is 4.93. The number of anilines is 1. The van der Waals surface area contributed by atoms with Crippen LogP contribution in [0.25, 0.3) is 11.2 Å². The minimum absolute atomic E-state index is 0.0761. The highest BCUT2D eigenvalue weighted by Crippen LogP contribution is 2.14. The van der Waals surface area contributed by atoms with Gasteiger partial charge in [0, 0.05) is 20.6 Å². The van der Waals surface area contributed by atoms with E-state index in [9.17, 15) is 14.0 Å². The zero-order chi connectivity index (χ0) is 20.3. The molecule has 0 radical (unpaired) electrons. The average Bonchev–Trinajstić information content (AvgIpc) is 3.01. The first-order valence-electron chi connectivity index (χ1n) is 9.58. The summed E-state index contributed by atoms with van der Waals surface area (Å²) >= 11 is 0. The fourth-order valence-corrected chi connectivity index (χ4v) is 3.27. The van der Waals surface area contributed by atoms with Gasteiger partial charge in [-0.3, -0.25) is 13.9 Å². The maximum Gasteiger partial charge on any atom is 0.332 e. The Morgan fingerprint density at radius 3 is 2.43 bits per heavy atom. The van der Waals surface area contributed by atoms with E-state index in [1.54, 1.807) is 30.8 Å². The molecule has 7 nitrogen and oxygen atoms in total. The van der Waals surface area contributed by atoms with Crippen LogP contribution in [0.15, 0.2) is 33.9 Å². The minimum atomic E-state index is -0.450. The van der Waals surface area contributed by atoms with Gasteiger partial charge >= 0.3 is 5.69 Å². The molecule has 0 spiro atoms. The first-order chi connectivity index (χ1) is 13.4. The molecule has 0 aliphatic heterocycles. The van der Waals surface area contributed by atoms with Crippen molar-refractivity contribution < 1.29 is 4.39 Å². The molecular weight excluding hydrogens is 361 g/mol. The lowest BCUT2D eigenvalue weighted by atomic mass is 10.2. The van der Waals surface area contributed by atoms with Gasteiger partial charge in [0.25, 0.3) is 5.56 Å². The van der Waals surface area contributed by atoms with Gasteiger partial charge in [0.15, 0.2) is 11.2 Å². The van der Waals surface area contributed by atoms with E-state index in [1.165, 1.54) is 29.5 Å². The molecule has 0 bridgehead atoms. The van der Waals surface area contributed by atoms with Gasteiger partial charge in [-0.15, -0.1) is 0 Å². The Labute approximate surface area is 162 Å². The van der Waals surface area contributed by atoms with E-state index in [4.69, 9.17) is 0 Å². The number of nitrogens with zero attached hydrogens (tertiary/aromatic N) is 4. The Kier molecular flexibility index (Phi) is 5.96. The van der Waals surface area contributed by atoms with E-state index >= 15 is 0 Å². The number of unbranched alkanes of at least 4 members (excludes halogenated alkanes) is 3. The minimum Gasteiger partial charge on any atom is -0.356 e. The molecule has 0 aliphatic rings. The largest absolute Gasteiger partial charge is 0.356 e. The highest BCUT2D eigenvalue weighted by molar-refractivity contribution is 5.74. The molecule has 28 heavy (non-hydrogen) atoms. The third-order valence-corrected chi connectivity index (χ3v) is 4.93. The van der Waals surface area contributed by atoms with Gasteiger partial charge in [-0.25, -0.2) is 9.18 Å². The number of halogens is 1. The van der Waals surface area contributed by atoms with Gasteiger partial charge < -0.3 is 9.88 Å². The van der Waals surface area contributed by atoms with Crippen LogP contribution in [0, 0.1) is 5.82 Å². The summed E-state index contributed by atoms with van der Waals surface area (Å²) in [4.78, 5) is 30.2. The van der Waals surface area contributed by atoms with Crippen molar-refractivity contribution in [1.29, 1.82) is 0 Å². The lowest BCUT2D eigenvalue weighted by molar-refractivity contribution is 0.623. The predicted molar refractivity (Wildman–Crippen MR) is 108 cm³/mol. The summed E-state index contributed by atoms with van der Waals surface area (Å²) < 4.78 is 17.4. The van der Waals surface area contributed by atoms with Crippen LogP contribution < -0.4 is 16.6 Å². The SMILES string of the molecule is CCCCCCNc1nc2c(c(=O)n(Cc3ccc(F)cc3)c(=O)n2C)n1C. The Bertz CT molecular complexity index is 1080. The standard InChI is InChI=1S/C20H26FN5O2/c1-4-5-6-7-12-22-19-23-17-16(24(19)2)18(27)26(20(28)25(17)3)13-14-8-10-15(21)11-9-14/h8-11H,4-7,12-13H2,1-3H3,(H,22,23). The molecule has 0 fully saturated rings. The summed E-state index contributed by atoms with van der Waals surface area (Å²) in [5.74, 6) is 0.207. The number of fused-ring (bicyclic) bond motifs is 1. The van der Waals surface area contributed by atoms with Crippen molar-refractivity contribution in [2.45, 2.75) is 39.2 Å². The fraction of sp³-hybridized carbons (Fsp3) is 0.450. The van der Waals surface area contributed by atoms with Crippen LogP contribution in [-0.2, 0) is 20.6 Å². The highest BCUT2D eigenvalue weighted by atomic mass is 19.1. The monoisotopic (exact) mass is 387 g/mol. The van der Waals surface area contributed by atoms with Crippen LogP contribution >= 0.6 is 0 Å². The van der Waals surface area contributed by atoms with Crippen molar-refractivity contribution in [2.24, 2.45) is 14.1 Å². The molecule has 3 rings (SSSR count). The molecule has 0 saturated carbocycles. The second-order valence-corrected chi connectivity index (χ2v) is 7.01. The van der Waals surface area contributed by atoms with E-state index in [0.29, 0.717) is 22.7 Å². The van der Waals surface area contributed by atoms with E-state index < -0.39 is 11.2 Å². The molecule has 0 saturated heterocycles. The lowest BCUT2D eigenvalue weighted by Crippen LogP contribution is -2.39. The molecule has 3 aromatic rings. The van der Waals surface area contributed by atoms with Gasteiger partial charge in [0.2, 0.25) is 5.95 Å². The Morgan fingerprint density at radius 2 is 1.75 bits per heavy atom. The van der Waals surface area contributed by atoms with Crippen LogP contribution in [0.2, 0.25) is 0 Å². The number of nitrogens with one attached hydrogen (secondary N) is 1. The zero-order valence-electron chi connectivity index (χ0n) is 16.5. The quantitative estimate of drug-likeness (QED) is 0.603. The summed E-state index contributed by atoms with van der Waals surface area (Å²) in [5, 5.41) is 3.26. The van der Waals surface area contributed by atoms with Crippen LogP contribution in [0.4, 0.5) is 10.3 Å². The molecular formula is C20H26FN5O2. The van der Waals surface area contributed by atoms with E-state index in [0.717, 1.165) is 24.0 Å². The summed E-state index contributed by atoms with van der Waals surface area (Å²) in [6.45, 7) is 3.00. The first-order valence-corrected chi connectivity index (χ1v) is 9.58. The topological polar surface area (TPSA) is 73.8 Å². The highest BCUT2D eigenvalue weighted by Gasteiger charge is 2.18. The normalized spacial score (nSPS) is 11.3. The maximum atomic E-state index is 13.1. The molecule has 1 N–H and O–H groups in total. The summed E-state index contributed by atoms with van der Waals surface area (Å²) in [7, 11) is 3.36. The molecule has 150 valence electrons. The Balaban J connectivity index is 1.96. The van der Waals surface area contributed by atoms with Crippen LogP contribution in [0.5, 0.6) is 0 Å². The molecule has 0 aliphatic carbocycles. The molecule has 0 atom stereocenters. The molecule has 1 aromatic carbocycles. The van der Waals surface area contributed by atoms with Crippen LogP contribution in [-0.4, -0.2) is 25.2 Å². The molecule has 0 unspecified atom stereocenters. The van der Waals surface area contributed by atoms with Crippen molar-refractivity contribution >= 4 is 17.1 Å². The molecule has 2 heterocycles. The summed E-state index contributed by atoms with van der Waals surface area (Å²) in [6, 6.07) is 5.76. The average molecular weight is 387 g/mol. The third kappa shape index (κ3) is 3.85. The number of hydrogen-bond donors (Lipinski definition) is 1. The van der Waals surface area contributed by atoms with Crippen LogP contribution in [0.1, 0.15) is 38.2 Å². The van der Waals surface area contributed by atoms with Crippen molar-refractivity contribution in [2.75, 3.05) is 11.9 Å². The van der Waals surface area contributed by atoms with E-state index in [2.05, 4.69) is 17.2 Å².